The van der Waals surface area contributed by atoms with Gasteiger partial charge in [0.25, 0.3) is 0 Å². The van der Waals surface area contributed by atoms with Crippen molar-refractivity contribution >= 4 is 0 Å². The summed E-state index contributed by atoms with van der Waals surface area (Å²) in [5, 5.41) is 0. The quantitative estimate of drug-likeness (QED) is 0.777. The number of ether oxygens (including phenoxy) is 1. The van der Waals surface area contributed by atoms with Gasteiger partial charge in [-0.15, -0.1) is 0 Å². The predicted molar refractivity (Wildman–Crippen MR) is 60.4 cm³/mol. The molecule has 1 aliphatic rings. The summed E-state index contributed by atoms with van der Waals surface area (Å²) >= 11 is 0. The number of halogens is 1. The van der Waals surface area contributed by atoms with E-state index in [1.54, 1.807) is 7.11 Å². The number of nitrogens with two attached hydrogens (primary N) is 1. The average Bonchev–Trinajstić information content (AvgIpc) is 2.21. The highest BCUT2D eigenvalue weighted by molar-refractivity contribution is 5.30. The molecule has 0 amide bonds. The zero-order valence-electron chi connectivity index (χ0n) is 9.66. The number of methoxy groups -OCH3 is 1. The Morgan fingerprint density at radius 2 is 2.27 bits per heavy atom. The van der Waals surface area contributed by atoms with E-state index in [2.05, 4.69) is 26.0 Å². The third kappa shape index (κ3) is 3.14. The minimum Gasteiger partial charge on any atom is -0.375 e. The van der Waals surface area contributed by atoms with Gasteiger partial charge in [-0.25, -0.2) is 4.39 Å². The Morgan fingerprint density at radius 3 is 2.67 bits per heavy atom. The Labute approximate surface area is 91.0 Å². The Balaban J connectivity index is 2.73. The molecule has 0 radical (unpaired) electrons. The minimum atomic E-state index is -0.577. The van der Waals surface area contributed by atoms with Crippen LogP contribution in [0.1, 0.15) is 20.3 Å². The fraction of sp³-hybridized carbons (Fsp3) is 0.667. The lowest BCUT2D eigenvalue weighted by molar-refractivity contribution is 0.102. The summed E-state index contributed by atoms with van der Waals surface area (Å²) in [7, 11) is 1.56. The van der Waals surface area contributed by atoms with Crippen molar-refractivity contribution in [1.29, 1.82) is 0 Å². The largest absolute Gasteiger partial charge is 0.375 e. The van der Waals surface area contributed by atoms with E-state index in [0.717, 1.165) is 12.0 Å². The molecule has 0 aromatic carbocycles. The molecule has 0 spiro atoms. The minimum absolute atomic E-state index is 0.182. The van der Waals surface area contributed by atoms with Gasteiger partial charge in [0, 0.05) is 7.11 Å². The second kappa shape index (κ2) is 4.90. The van der Waals surface area contributed by atoms with Crippen molar-refractivity contribution in [3.05, 3.63) is 23.8 Å². The van der Waals surface area contributed by atoms with Gasteiger partial charge in [0.05, 0.1) is 12.1 Å². The van der Waals surface area contributed by atoms with Crippen molar-refractivity contribution in [3.63, 3.8) is 0 Å². The summed E-state index contributed by atoms with van der Waals surface area (Å²) in [6.07, 6.45) is 6.82. The molecule has 2 unspecified atom stereocenters. The summed E-state index contributed by atoms with van der Waals surface area (Å²) in [5.41, 5.74) is 6.82. The first-order valence-electron chi connectivity index (χ1n) is 5.24. The average molecular weight is 213 g/mol. The van der Waals surface area contributed by atoms with E-state index in [1.807, 2.05) is 6.08 Å². The van der Waals surface area contributed by atoms with Crippen LogP contribution in [0, 0.1) is 5.41 Å². The maximum Gasteiger partial charge on any atom is 0.107 e. The van der Waals surface area contributed by atoms with E-state index >= 15 is 0 Å². The van der Waals surface area contributed by atoms with Crippen molar-refractivity contribution < 1.29 is 9.13 Å². The standard InChI is InChI=1S/C12H20FNO/c1-12(2)6-4-9(5-7-12)11(15-3)10(14)8-13/h4-6,10-11H,7-8,14H2,1-3H3. The topological polar surface area (TPSA) is 35.2 Å². The smallest absolute Gasteiger partial charge is 0.107 e. The molecule has 15 heavy (non-hydrogen) atoms. The number of rotatable bonds is 4. The molecule has 0 bridgehead atoms. The first-order valence-corrected chi connectivity index (χ1v) is 5.24. The molecule has 0 saturated carbocycles. The molecule has 2 N–H and O–H groups in total. The second-order valence-electron chi connectivity index (χ2n) is 4.70. The number of alkyl halides is 1. The zero-order valence-corrected chi connectivity index (χ0v) is 9.66. The molecule has 0 fully saturated rings. The first-order chi connectivity index (χ1) is 7.00. The third-order valence-electron chi connectivity index (χ3n) is 2.74. The van der Waals surface area contributed by atoms with Crippen molar-refractivity contribution in [2.24, 2.45) is 11.1 Å². The van der Waals surface area contributed by atoms with E-state index in [4.69, 9.17) is 10.5 Å². The van der Waals surface area contributed by atoms with Crippen LogP contribution in [0.3, 0.4) is 0 Å². The van der Waals surface area contributed by atoms with Gasteiger partial charge in [-0.05, 0) is 17.4 Å². The Bertz CT molecular complexity index is 271. The lowest BCUT2D eigenvalue weighted by atomic mass is 9.82. The molecule has 1 aliphatic carbocycles. The van der Waals surface area contributed by atoms with Crippen LogP contribution in [-0.2, 0) is 4.74 Å². The van der Waals surface area contributed by atoms with Crippen LogP contribution in [0.15, 0.2) is 23.8 Å². The van der Waals surface area contributed by atoms with Crippen molar-refractivity contribution in [2.45, 2.75) is 32.4 Å². The van der Waals surface area contributed by atoms with Crippen LogP contribution in [0.4, 0.5) is 4.39 Å². The van der Waals surface area contributed by atoms with E-state index in [0.29, 0.717) is 0 Å². The second-order valence-corrected chi connectivity index (χ2v) is 4.70. The summed E-state index contributed by atoms with van der Waals surface area (Å²) in [4.78, 5) is 0. The molecule has 0 heterocycles. The summed E-state index contributed by atoms with van der Waals surface area (Å²) in [5.74, 6) is 0. The molecule has 2 nitrogen and oxygen atoms in total. The van der Waals surface area contributed by atoms with E-state index in [-0.39, 0.29) is 11.5 Å². The molecule has 1 rings (SSSR count). The maximum atomic E-state index is 12.5. The number of hydrogen-bond donors (Lipinski definition) is 1. The SMILES string of the molecule is COC(C1=CCC(C)(C)C=C1)C(N)CF. The lowest BCUT2D eigenvalue weighted by Crippen LogP contribution is -2.39. The molecule has 0 aliphatic heterocycles. The molecule has 2 atom stereocenters. The molecule has 0 saturated heterocycles. The van der Waals surface area contributed by atoms with Crippen molar-refractivity contribution in [3.8, 4) is 0 Å². The van der Waals surface area contributed by atoms with Gasteiger partial charge < -0.3 is 10.5 Å². The van der Waals surface area contributed by atoms with E-state index in [1.165, 1.54) is 0 Å². The van der Waals surface area contributed by atoms with Crippen LogP contribution in [0.25, 0.3) is 0 Å². The van der Waals surface area contributed by atoms with E-state index in [9.17, 15) is 4.39 Å². The zero-order chi connectivity index (χ0) is 11.5. The monoisotopic (exact) mass is 213 g/mol. The van der Waals surface area contributed by atoms with Gasteiger partial charge in [0.1, 0.15) is 6.67 Å². The van der Waals surface area contributed by atoms with Gasteiger partial charge in [-0.1, -0.05) is 32.1 Å². The van der Waals surface area contributed by atoms with Crippen molar-refractivity contribution in [1.82, 2.24) is 0 Å². The first kappa shape index (κ1) is 12.4. The molecule has 86 valence electrons. The van der Waals surface area contributed by atoms with Crippen LogP contribution in [-0.4, -0.2) is 25.9 Å². The van der Waals surface area contributed by atoms with E-state index < -0.39 is 12.7 Å². The van der Waals surface area contributed by atoms with Gasteiger partial charge in [-0.3, -0.25) is 0 Å². The number of hydrogen-bond acceptors (Lipinski definition) is 2. The van der Waals surface area contributed by atoms with Gasteiger partial charge >= 0.3 is 0 Å². The Morgan fingerprint density at radius 1 is 1.60 bits per heavy atom. The van der Waals surface area contributed by atoms with Gasteiger partial charge in [0.15, 0.2) is 0 Å². The van der Waals surface area contributed by atoms with Crippen LogP contribution >= 0.6 is 0 Å². The summed E-state index contributed by atoms with van der Waals surface area (Å²) in [6.45, 7) is 3.76. The van der Waals surface area contributed by atoms with Crippen LogP contribution < -0.4 is 5.73 Å². The molecular weight excluding hydrogens is 193 g/mol. The molecule has 0 aromatic heterocycles. The Kier molecular flexibility index (Phi) is 4.05. The van der Waals surface area contributed by atoms with Gasteiger partial charge in [-0.2, -0.15) is 0 Å². The Hall–Kier alpha value is -0.670. The van der Waals surface area contributed by atoms with Gasteiger partial charge in [0.2, 0.25) is 0 Å². The molecule has 3 heteroatoms. The third-order valence-corrected chi connectivity index (χ3v) is 2.74. The lowest BCUT2D eigenvalue weighted by Gasteiger charge is -2.28. The van der Waals surface area contributed by atoms with Crippen molar-refractivity contribution in [2.75, 3.05) is 13.8 Å². The highest BCUT2D eigenvalue weighted by atomic mass is 19.1. The predicted octanol–water partition coefficient (Wildman–Crippen LogP) is 2.21. The van der Waals surface area contributed by atoms with Crippen LogP contribution in [0.2, 0.25) is 0 Å². The highest BCUT2D eigenvalue weighted by Crippen LogP contribution is 2.30. The normalized spacial score (nSPS) is 23.4. The van der Waals surface area contributed by atoms with Crippen LogP contribution in [0.5, 0.6) is 0 Å². The summed E-state index contributed by atoms with van der Waals surface area (Å²) in [6, 6.07) is -0.577. The highest BCUT2D eigenvalue weighted by Gasteiger charge is 2.24. The fourth-order valence-electron chi connectivity index (χ4n) is 1.69. The number of allylic oxidation sites excluding steroid dienone is 2. The fourth-order valence-corrected chi connectivity index (χ4v) is 1.69. The summed E-state index contributed by atoms with van der Waals surface area (Å²) < 4.78 is 17.7. The molecular formula is C12H20FNO. The molecule has 0 aromatic rings. The maximum absolute atomic E-state index is 12.5.